The van der Waals surface area contributed by atoms with Gasteiger partial charge in [-0.15, -0.1) is 21.5 Å². The van der Waals surface area contributed by atoms with Gasteiger partial charge in [-0.3, -0.25) is 14.5 Å². The number of aromatic nitrogens is 2. The van der Waals surface area contributed by atoms with Crippen LogP contribution in [0.5, 0.6) is 0 Å². The Morgan fingerprint density at radius 1 is 1.12 bits per heavy atom. The van der Waals surface area contributed by atoms with Crippen molar-refractivity contribution >= 4 is 34.9 Å². The average Bonchev–Trinajstić information content (AvgIpc) is 3.34. The lowest BCUT2D eigenvalue weighted by molar-refractivity contribution is 0.0655. The SMILES string of the molecule is Cc1ccsc1-c1nnc(SCCCN2C(=O)c3ccccc3C2=O)o1. The predicted octanol–water partition coefficient (Wildman–Crippen LogP) is 3.88. The highest BCUT2D eigenvalue weighted by Gasteiger charge is 2.34. The maximum atomic E-state index is 12.3. The Hall–Kier alpha value is -2.45. The smallest absolute Gasteiger partial charge is 0.276 e. The maximum absolute atomic E-state index is 12.3. The number of benzene rings is 1. The molecule has 26 heavy (non-hydrogen) atoms. The molecule has 1 aliphatic heterocycles. The molecule has 1 aliphatic rings. The van der Waals surface area contributed by atoms with E-state index in [4.69, 9.17) is 4.42 Å². The Morgan fingerprint density at radius 2 is 1.85 bits per heavy atom. The zero-order valence-corrected chi connectivity index (χ0v) is 15.6. The fraction of sp³-hybridized carbons (Fsp3) is 0.222. The standard InChI is InChI=1S/C18H15N3O3S2/c1-11-7-10-25-14(11)15-19-20-18(24-15)26-9-4-8-21-16(22)12-5-2-3-6-13(12)17(21)23/h2-3,5-7,10H,4,8-9H2,1H3. The van der Waals surface area contributed by atoms with Crippen molar-refractivity contribution in [3.63, 3.8) is 0 Å². The van der Waals surface area contributed by atoms with Crippen molar-refractivity contribution in [2.75, 3.05) is 12.3 Å². The van der Waals surface area contributed by atoms with E-state index < -0.39 is 0 Å². The molecule has 0 spiro atoms. The lowest BCUT2D eigenvalue weighted by Crippen LogP contribution is -2.30. The zero-order chi connectivity index (χ0) is 18.1. The number of hydrogen-bond acceptors (Lipinski definition) is 7. The summed E-state index contributed by atoms with van der Waals surface area (Å²) in [4.78, 5) is 26.9. The molecule has 0 unspecified atom stereocenters. The van der Waals surface area contributed by atoms with Crippen LogP contribution < -0.4 is 0 Å². The zero-order valence-electron chi connectivity index (χ0n) is 14.0. The predicted molar refractivity (Wildman–Crippen MR) is 99.5 cm³/mol. The molecule has 0 saturated carbocycles. The molecule has 2 aromatic heterocycles. The summed E-state index contributed by atoms with van der Waals surface area (Å²) >= 11 is 3.00. The summed E-state index contributed by atoms with van der Waals surface area (Å²) in [6, 6.07) is 8.93. The van der Waals surface area contributed by atoms with Crippen LogP contribution in [0.15, 0.2) is 45.4 Å². The van der Waals surface area contributed by atoms with Gasteiger partial charge in [0.15, 0.2) is 0 Å². The largest absolute Gasteiger partial charge is 0.410 e. The monoisotopic (exact) mass is 385 g/mol. The third kappa shape index (κ3) is 3.06. The fourth-order valence-corrected chi connectivity index (χ4v) is 4.31. The third-order valence-electron chi connectivity index (χ3n) is 4.09. The molecule has 0 saturated heterocycles. The number of rotatable bonds is 6. The first-order valence-electron chi connectivity index (χ1n) is 8.11. The summed E-state index contributed by atoms with van der Waals surface area (Å²) in [6.07, 6.45) is 0.659. The molecular weight excluding hydrogens is 370 g/mol. The Balaban J connectivity index is 1.31. The second-order valence-corrected chi connectivity index (χ2v) is 7.78. The topological polar surface area (TPSA) is 76.3 Å². The molecular formula is C18H15N3O3S2. The third-order valence-corrected chi connectivity index (χ3v) is 6.00. The molecule has 0 atom stereocenters. The second-order valence-electron chi connectivity index (χ2n) is 5.82. The molecule has 3 aromatic rings. The molecule has 0 aliphatic carbocycles. The van der Waals surface area contributed by atoms with Crippen LogP contribution in [-0.4, -0.2) is 39.2 Å². The molecule has 0 N–H and O–H groups in total. The highest BCUT2D eigenvalue weighted by Crippen LogP contribution is 2.30. The van der Waals surface area contributed by atoms with Crippen LogP contribution in [0, 0.1) is 6.92 Å². The van der Waals surface area contributed by atoms with Crippen molar-refractivity contribution in [1.82, 2.24) is 15.1 Å². The minimum atomic E-state index is -0.219. The van der Waals surface area contributed by atoms with Crippen molar-refractivity contribution in [2.45, 2.75) is 18.6 Å². The molecule has 0 fully saturated rings. The van der Waals surface area contributed by atoms with Crippen LogP contribution in [0.3, 0.4) is 0 Å². The van der Waals surface area contributed by atoms with Gasteiger partial charge in [0.05, 0.1) is 16.0 Å². The molecule has 3 heterocycles. The van der Waals surface area contributed by atoms with E-state index >= 15 is 0 Å². The molecule has 6 nitrogen and oxygen atoms in total. The quantitative estimate of drug-likeness (QED) is 0.364. The van der Waals surface area contributed by atoms with E-state index in [1.165, 1.54) is 16.7 Å². The summed E-state index contributed by atoms with van der Waals surface area (Å²) in [7, 11) is 0. The number of nitrogens with zero attached hydrogens (tertiary/aromatic N) is 3. The average molecular weight is 385 g/mol. The highest BCUT2D eigenvalue weighted by molar-refractivity contribution is 7.99. The molecule has 8 heteroatoms. The second kappa shape index (κ2) is 7.05. The van der Waals surface area contributed by atoms with Crippen molar-refractivity contribution in [2.24, 2.45) is 0 Å². The van der Waals surface area contributed by atoms with Gasteiger partial charge in [-0.25, -0.2) is 0 Å². The van der Waals surface area contributed by atoms with Gasteiger partial charge < -0.3 is 4.42 Å². The minimum absolute atomic E-state index is 0.219. The van der Waals surface area contributed by atoms with Gasteiger partial charge in [0.25, 0.3) is 22.9 Å². The van der Waals surface area contributed by atoms with E-state index in [1.807, 2.05) is 18.4 Å². The first-order chi connectivity index (χ1) is 12.6. The molecule has 2 amide bonds. The number of carbonyl (C=O) groups is 2. The summed E-state index contributed by atoms with van der Waals surface area (Å²) < 4.78 is 5.68. The number of aryl methyl sites for hydroxylation is 1. The number of carbonyl (C=O) groups excluding carboxylic acids is 2. The van der Waals surface area contributed by atoms with E-state index in [0.29, 0.717) is 41.0 Å². The van der Waals surface area contributed by atoms with E-state index in [-0.39, 0.29) is 11.8 Å². The van der Waals surface area contributed by atoms with Gasteiger partial charge in [-0.05, 0) is 42.5 Å². The van der Waals surface area contributed by atoms with Gasteiger partial charge in [-0.1, -0.05) is 23.9 Å². The lowest BCUT2D eigenvalue weighted by atomic mass is 10.1. The summed E-state index contributed by atoms with van der Waals surface area (Å²) in [6.45, 7) is 2.38. The van der Waals surface area contributed by atoms with Crippen LogP contribution in [0.2, 0.25) is 0 Å². The van der Waals surface area contributed by atoms with Crippen molar-refractivity contribution < 1.29 is 14.0 Å². The molecule has 4 rings (SSSR count). The van der Waals surface area contributed by atoms with Crippen molar-refractivity contribution in [3.05, 3.63) is 52.4 Å². The van der Waals surface area contributed by atoms with E-state index in [1.54, 1.807) is 35.6 Å². The number of fused-ring (bicyclic) bond motifs is 1. The van der Waals surface area contributed by atoms with Crippen molar-refractivity contribution in [1.29, 1.82) is 0 Å². The van der Waals surface area contributed by atoms with Crippen LogP contribution in [0.4, 0.5) is 0 Å². The van der Waals surface area contributed by atoms with E-state index in [9.17, 15) is 9.59 Å². The molecule has 0 radical (unpaired) electrons. The lowest BCUT2D eigenvalue weighted by Gasteiger charge is -2.12. The number of thiophene rings is 1. The van der Waals surface area contributed by atoms with Gasteiger partial charge >= 0.3 is 0 Å². The fourth-order valence-electron chi connectivity index (χ4n) is 2.78. The van der Waals surface area contributed by atoms with Crippen LogP contribution in [0.1, 0.15) is 32.7 Å². The van der Waals surface area contributed by atoms with Gasteiger partial charge in [0.1, 0.15) is 0 Å². The van der Waals surface area contributed by atoms with Crippen LogP contribution in [0.25, 0.3) is 10.8 Å². The molecule has 132 valence electrons. The molecule has 1 aromatic carbocycles. The summed E-state index contributed by atoms with van der Waals surface area (Å²) in [5.41, 5.74) is 2.08. The maximum Gasteiger partial charge on any atom is 0.276 e. The minimum Gasteiger partial charge on any atom is -0.410 e. The first kappa shape index (κ1) is 17.0. The van der Waals surface area contributed by atoms with Gasteiger partial charge in [0.2, 0.25) is 0 Å². The number of thioether (sulfide) groups is 1. The van der Waals surface area contributed by atoms with E-state index in [2.05, 4.69) is 10.2 Å². The molecule has 0 bridgehead atoms. The summed E-state index contributed by atoms with van der Waals surface area (Å²) in [5, 5.41) is 10.6. The Labute approximate surface area is 158 Å². The number of imide groups is 1. The first-order valence-corrected chi connectivity index (χ1v) is 9.97. The van der Waals surface area contributed by atoms with Crippen LogP contribution >= 0.6 is 23.1 Å². The van der Waals surface area contributed by atoms with Gasteiger partial charge in [0, 0.05) is 12.3 Å². The summed E-state index contributed by atoms with van der Waals surface area (Å²) in [5.74, 6) is 0.770. The number of amides is 2. The van der Waals surface area contributed by atoms with Crippen LogP contribution in [-0.2, 0) is 0 Å². The highest BCUT2D eigenvalue weighted by atomic mass is 32.2. The van der Waals surface area contributed by atoms with Gasteiger partial charge in [-0.2, -0.15) is 0 Å². The van der Waals surface area contributed by atoms with E-state index in [0.717, 1.165) is 10.4 Å². The Kier molecular flexibility index (Phi) is 4.60. The Bertz CT molecular complexity index is 944. The normalized spacial score (nSPS) is 13.5. The van der Waals surface area contributed by atoms with Crippen molar-refractivity contribution in [3.8, 4) is 10.8 Å². The number of hydrogen-bond donors (Lipinski definition) is 0. The Morgan fingerprint density at radius 3 is 2.50 bits per heavy atom.